The Bertz CT molecular complexity index is 1010. The molecule has 0 aliphatic heterocycles. The van der Waals surface area contributed by atoms with Crippen LogP contribution in [0.25, 0.3) is 10.9 Å². The second-order valence-electron chi connectivity index (χ2n) is 12.5. The highest BCUT2D eigenvalue weighted by molar-refractivity contribution is 6.01. The molecule has 1 aromatic heterocycles. The predicted molar refractivity (Wildman–Crippen MR) is 142 cm³/mol. The van der Waals surface area contributed by atoms with Crippen LogP contribution in [0.1, 0.15) is 65.2 Å². The lowest BCUT2D eigenvalue weighted by Crippen LogP contribution is -2.47. The highest BCUT2D eigenvalue weighted by Crippen LogP contribution is 2.61. The zero-order chi connectivity index (χ0) is 24.5. The molecule has 4 N–H and O–H groups in total. The minimum Gasteiger partial charge on any atom is -0.396 e. The van der Waals surface area contributed by atoms with E-state index in [1.807, 2.05) is 24.3 Å². The first-order valence-electron chi connectivity index (χ1n) is 13.6. The van der Waals surface area contributed by atoms with E-state index in [1.54, 1.807) is 0 Å². The van der Waals surface area contributed by atoms with Crippen LogP contribution in [-0.4, -0.2) is 42.2 Å². The van der Waals surface area contributed by atoms with Crippen molar-refractivity contribution in [2.24, 2.45) is 28.6 Å². The second kappa shape index (κ2) is 10.1. The van der Waals surface area contributed by atoms with Crippen molar-refractivity contribution in [3.8, 4) is 0 Å². The Kier molecular flexibility index (Phi) is 7.04. The maximum atomic E-state index is 13.2. The molecule has 35 heavy (non-hydrogen) atoms. The number of amides is 1. The number of carbonyl (C=O) groups excluding carboxylic acids is 1. The molecule has 6 nitrogen and oxygen atoms in total. The summed E-state index contributed by atoms with van der Waals surface area (Å²) < 4.78 is 0. The molecule has 0 saturated heterocycles. The number of aromatic nitrogens is 1. The molecule has 6 heteroatoms. The number of fused-ring (bicyclic) bond motifs is 1. The molecule has 2 aromatic rings. The summed E-state index contributed by atoms with van der Waals surface area (Å²) in [7, 11) is 0. The molecule has 4 aliphatic carbocycles. The number of rotatable bonds is 11. The molecule has 190 valence electrons. The molecule has 1 amide bonds. The van der Waals surface area contributed by atoms with Crippen molar-refractivity contribution in [2.45, 2.75) is 65.2 Å². The number of hydrogen-bond donors (Lipinski definition) is 4. The van der Waals surface area contributed by atoms with Crippen LogP contribution in [0.15, 0.2) is 30.3 Å². The maximum Gasteiger partial charge on any atom is 0.224 e. The number of carbonyl (C=O) groups is 1. The highest BCUT2D eigenvalue weighted by Gasteiger charge is 2.51. The first-order chi connectivity index (χ1) is 16.8. The van der Waals surface area contributed by atoms with Crippen LogP contribution in [0.4, 0.5) is 11.5 Å². The van der Waals surface area contributed by atoms with Crippen LogP contribution < -0.4 is 16.0 Å². The van der Waals surface area contributed by atoms with Gasteiger partial charge in [-0.15, -0.1) is 0 Å². The molecule has 4 fully saturated rings. The summed E-state index contributed by atoms with van der Waals surface area (Å²) in [5.74, 6) is 3.61. The third kappa shape index (κ3) is 5.80. The third-order valence-corrected chi connectivity index (χ3v) is 8.57. The second-order valence-corrected chi connectivity index (χ2v) is 12.5. The summed E-state index contributed by atoms with van der Waals surface area (Å²) >= 11 is 0. The van der Waals surface area contributed by atoms with Gasteiger partial charge in [-0.1, -0.05) is 19.9 Å². The number of nitrogens with one attached hydrogen (secondary N) is 3. The van der Waals surface area contributed by atoms with E-state index in [-0.39, 0.29) is 23.3 Å². The van der Waals surface area contributed by atoms with E-state index in [1.165, 1.54) is 38.5 Å². The molecule has 4 aliphatic rings. The lowest BCUT2D eigenvalue weighted by atomic mass is 9.49. The van der Waals surface area contributed by atoms with Gasteiger partial charge < -0.3 is 21.1 Å². The highest BCUT2D eigenvalue weighted by atomic mass is 16.3. The molecular weight excluding hydrogens is 436 g/mol. The smallest absolute Gasteiger partial charge is 0.224 e. The van der Waals surface area contributed by atoms with Gasteiger partial charge in [0, 0.05) is 36.9 Å². The number of anilines is 2. The Balaban J connectivity index is 1.15. The van der Waals surface area contributed by atoms with Gasteiger partial charge >= 0.3 is 0 Å². The van der Waals surface area contributed by atoms with Crippen molar-refractivity contribution in [1.82, 2.24) is 10.3 Å². The summed E-state index contributed by atoms with van der Waals surface area (Å²) in [5, 5.41) is 20.4. The fourth-order valence-corrected chi connectivity index (χ4v) is 7.32. The van der Waals surface area contributed by atoms with Crippen LogP contribution in [0, 0.1) is 28.6 Å². The van der Waals surface area contributed by atoms with Crippen LogP contribution in [0.2, 0.25) is 0 Å². The van der Waals surface area contributed by atoms with Gasteiger partial charge in [0.15, 0.2) is 0 Å². The number of aliphatic hydroxyl groups excluding tert-OH is 1. The Morgan fingerprint density at radius 3 is 2.46 bits per heavy atom. The SMILES string of the molecule is CC(C)(CO)CNCCCNc1ccc2c(NC(=O)CC34CC5CC(CC(C5)C3)C4)cccc2n1. The van der Waals surface area contributed by atoms with Crippen molar-refractivity contribution in [3.05, 3.63) is 30.3 Å². The van der Waals surface area contributed by atoms with Gasteiger partial charge in [0.05, 0.1) is 11.2 Å². The minimum atomic E-state index is -0.0876. The van der Waals surface area contributed by atoms with Gasteiger partial charge in [0.2, 0.25) is 5.91 Å². The Morgan fingerprint density at radius 2 is 1.77 bits per heavy atom. The number of nitrogens with zero attached hydrogens (tertiary/aromatic N) is 1. The van der Waals surface area contributed by atoms with Crippen molar-refractivity contribution in [2.75, 3.05) is 36.9 Å². The van der Waals surface area contributed by atoms with Gasteiger partial charge in [-0.3, -0.25) is 4.79 Å². The van der Waals surface area contributed by atoms with Crippen LogP contribution >= 0.6 is 0 Å². The molecule has 1 heterocycles. The summed E-state index contributed by atoms with van der Waals surface area (Å²) in [6, 6.07) is 10.0. The minimum absolute atomic E-state index is 0.0876. The van der Waals surface area contributed by atoms with E-state index in [0.717, 1.165) is 66.2 Å². The largest absolute Gasteiger partial charge is 0.396 e. The quantitative estimate of drug-likeness (QED) is 0.334. The first kappa shape index (κ1) is 24.5. The number of pyridine rings is 1. The zero-order valence-corrected chi connectivity index (χ0v) is 21.4. The van der Waals surface area contributed by atoms with Crippen molar-refractivity contribution in [3.63, 3.8) is 0 Å². The topological polar surface area (TPSA) is 86.3 Å². The molecule has 0 unspecified atom stereocenters. The van der Waals surface area contributed by atoms with Crippen LogP contribution in [0.5, 0.6) is 0 Å². The van der Waals surface area contributed by atoms with Gasteiger partial charge in [-0.2, -0.15) is 0 Å². The Hall–Kier alpha value is -2.18. The molecule has 0 spiro atoms. The van der Waals surface area contributed by atoms with E-state index in [9.17, 15) is 9.90 Å². The first-order valence-corrected chi connectivity index (χ1v) is 13.6. The monoisotopic (exact) mass is 478 g/mol. The molecule has 0 radical (unpaired) electrons. The standard InChI is InChI=1S/C29H42N4O2/c1-28(2,19-34)18-30-9-4-10-31-26-8-7-23-24(32-26)5-3-6-25(23)33-27(35)17-29-14-20-11-21(15-29)13-22(12-20)16-29/h3,5-8,20-22,30,34H,4,9-19H2,1-2H3,(H,31,32)(H,33,35). The van der Waals surface area contributed by atoms with E-state index in [4.69, 9.17) is 4.98 Å². The Labute approximate surface area is 209 Å². The molecular formula is C29H42N4O2. The van der Waals surface area contributed by atoms with Crippen molar-refractivity contribution in [1.29, 1.82) is 0 Å². The van der Waals surface area contributed by atoms with Crippen molar-refractivity contribution >= 4 is 28.3 Å². The van der Waals surface area contributed by atoms with Gasteiger partial charge in [-0.05, 0) is 98.9 Å². The number of aliphatic hydroxyl groups is 1. The summed E-state index contributed by atoms with van der Waals surface area (Å²) in [6.07, 6.45) is 9.64. The molecule has 6 rings (SSSR count). The van der Waals surface area contributed by atoms with E-state index in [0.29, 0.717) is 6.42 Å². The van der Waals surface area contributed by atoms with E-state index >= 15 is 0 Å². The van der Waals surface area contributed by atoms with Gasteiger partial charge in [0.25, 0.3) is 0 Å². The molecule has 1 aromatic carbocycles. The van der Waals surface area contributed by atoms with E-state index < -0.39 is 0 Å². The maximum absolute atomic E-state index is 13.2. The fraction of sp³-hybridized carbons (Fsp3) is 0.655. The summed E-state index contributed by atoms with van der Waals surface area (Å²) in [6.45, 7) is 6.81. The molecule has 4 bridgehead atoms. The van der Waals surface area contributed by atoms with E-state index in [2.05, 4.69) is 35.9 Å². The lowest BCUT2D eigenvalue weighted by Gasteiger charge is -2.56. The van der Waals surface area contributed by atoms with Crippen molar-refractivity contribution < 1.29 is 9.90 Å². The normalized spacial score (nSPS) is 27.3. The van der Waals surface area contributed by atoms with Crippen LogP contribution in [0.3, 0.4) is 0 Å². The van der Waals surface area contributed by atoms with Gasteiger partial charge in [-0.25, -0.2) is 4.98 Å². The number of hydrogen-bond acceptors (Lipinski definition) is 5. The van der Waals surface area contributed by atoms with Gasteiger partial charge in [0.1, 0.15) is 5.82 Å². The van der Waals surface area contributed by atoms with Crippen LogP contribution in [-0.2, 0) is 4.79 Å². The summed E-state index contributed by atoms with van der Waals surface area (Å²) in [5.41, 5.74) is 1.93. The zero-order valence-electron chi connectivity index (χ0n) is 21.4. The predicted octanol–water partition coefficient (Wildman–Crippen LogP) is 5.19. The number of benzene rings is 1. The molecule has 4 saturated carbocycles. The Morgan fingerprint density at radius 1 is 1.06 bits per heavy atom. The third-order valence-electron chi connectivity index (χ3n) is 8.57. The average Bonchev–Trinajstić information content (AvgIpc) is 2.80. The molecule has 0 atom stereocenters. The fourth-order valence-electron chi connectivity index (χ4n) is 7.32. The average molecular weight is 479 g/mol. The summed E-state index contributed by atoms with van der Waals surface area (Å²) in [4.78, 5) is 17.9. The lowest BCUT2D eigenvalue weighted by molar-refractivity contribution is -0.124.